The first kappa shape index (κ1) is 15.2. The third kappa shape index (κ3) is 3.56. The Hall–Kier alpha value is -2.70. The Kier molecular flexibility index (Phi) is 4.10. The molecule has 3 rings (SSSR count). The molecule has 23 heavy (non-hydrogen) atoms. The Morgan fingerprint density at radius 3 is 2.78 bits per heavy atom. The zero-order valence-corrected chi connectivity index (χ0v) is 12.4. The lowest BCUT2D eigenvalue weighted by molar-refractivity contribution is -0.142. The molecule has 1 heterocycles. The molecule has 1 aromatic heterocycles. The first-order valence-corrected chi connectivity index (χ1v) is 7.51. The highest BCUT2D eigenvalue weighted by molar-refractivity contribution is 5.83. The number of nitrogens with zero attached hydrogens (tertiary/aromatic N) is 2. The van der Waals surface area contributed by atoms with Crippen molar-refractivity contribution in [3.05, 3.63) is 40.9 Å². The van der Waals surface area contributed by atoms with Crippen molar-refractivity contribution in [2.45, 2.75) is 31.8 Å². The predicted molar refractivity (Wildman–Crippen MR) is 82.9 cm³/mol. The minimum Gasteiger partial charge on any atom is -0.480 e. The van der Waals surface area contributed by atoms with Crippen LogP contribution < -0.4 is 10.9 Å². The largest absolute Gasteiger partial charge is 0.480 e. The van der Waals surface area contributed by atoms with Crippen molar-refractivity contribution in [2.24, 2.45) is 5.92 Å². The van der Waals surface area contributed by atoms with E-state index in [1.807, 2.05) is 0 Å². The third-order valence-electron chi connectivity index (χ3n) is 3.94. The Bertz CT molecular complexity index is 810. The highest BCUT2D eigenvalue weighted by Crippen LogP contribution is 2.33. The molecule has 120 valence electrons. The molecule has 2 N–H and O–H groups in total. The fraction of sp³-hybridized carbons (Fsp3) is 0.375. The summed E-state index contributed by atoms with van der Waals surface area (Å²) in [7, 11) is 0. The monoisotopic (exact) mass is 315 g/mol. The van der Waals surface area contributed by atoms with Gasteiger partial charge in [0.05, 0.1) is 17.2 Å². The summed E-state index contributed by atoms with van der Waals surface area (Å²) in [5.41, 5.74) is 0.242. The van der Waals surface area contributed by atoms with Gasteiger partial charge in [0.25, 0.3) is 5.56 Å². The van der Waals surface area contributed by atoms with Crippen molar-refractivity contribution in [1.82, 2.24) is 14.9 Å². The number of carboxylic acids is 1. The summed E-state index contributed by atoms with van der Waals surface area (Å²) in [4.78, 5) is 39.7. The molecule has 1 unspecified atom stereocenters. The standard InChI is InChI=1S/C16H17N3O4/c20-14(18-13(16(22)23)7-10-5-6-10)8-19-9-17-12-4-2-1-3-11(12)15(19)21/h1-4,9-10,13H,5-8H2,(H,18,20)(H,22,23). The first-order valence-electron chi connectivity index (χ1n) is 7.51. The van der Waals surface area contributed by atoms with E-state index in [1.165, 1.54) is 10.9 Å². The highest BCUT2D eigenvalue weighted by Gasteiger charge is 2.30. The van der Waals surface area contributed by atoms with E-state index in [4.69, 9.17) is 5.11 Å². The zero-order valence-electron chi connectivity index (χ0n) is 12.4. The topological polar surface area (TPSA) is 101 Å². The van der Waals surface area contributed by atoms with Crippen molar-refractivity contribution in [3.8, 4) is 0 Å². The molecule has 1 amide bonds. The quantitative estimate of drug-likeness (QED) is 0.820. The van der Waals surface area contributed by atoms with Crippen LogP contribution in [-0.4, -0.2) is 32.6 Å². The Morgan fingerprint density at radius 1 is 1.35 bits per heavy atom. The maximum absolute atomic E-state index is 12.3. The van der Waals surface area contributed by atoms with E-state index in [0.717, 1.165) is 12.8 Å². The van der Waals surface area contributed by atoms with Gasteiger partial charge in [0.15, 0.2) is 0 Å². The molecule has 2 aromatic rings. The molecule has 0 saturated heterocycles. The number of aromatic nitrogens is 2. The number of carboxylic acid groups (broad SMARTS) is 1. The van der Waals surface area contributed by atoms with Gasteiger partial charge >= 0.3 is 5.97 Å². The van der Waals surface area contributed by atoms with Crippen LogP contribution >= 0.6 is 0 Å². The van der Waals surface area contributed by atoms with Crippen LogP contribution in [0, 0.1) is 5.92 Å². The molecule has 0 aliphatic heterocycles. The lowest BCUT2D eigenvalue weighted by atomic mass is 10.1. The molecule has 7 nitrogen and oxygen atoms in total. The second kappa shape index (κ2) is 6.20. The first-order chi connectivity index (χ1) is 11.0. The number of benzene rings is 1. The molecule has 1 aromatic carbocycles. The average molecular weight is 315 g/mol. The highest BCUT2D eigenvalue weighted by atomic mass is 16.4. The lowest BCUT2D eigenvalue weighted by Gasteiger charge is -2.14. The minimum absolute atomic E-state index is 0.245. The van der Waals surface area contributed by atoms with E-state index in [1.54, 1.807) is 24.3 Å². The van der Waals surface area contributed by atoms with Gasteiger partial charge in [0.1, 0.15) is 12.6 Å². The number of aliphatic carboxylic acids is 1. The Labute approximate surface area is 132 Å². The molecule has 7 heteroatoms. The smallest absolute Gasteiger partial charge is 0.326 e. The number of carbonyl (C=O) groups excluding carboxylic acids is 1. The van der Waals surface area contributed by atoms with E-state index in [9.17, 15) is 14.4 Å². The number of amides is 1. The number of para-hydroxylation sites is 1. The van der Waals surface area contributed by atoms with Crippen LogP contribution in [0.2, 0.25) is 0 Å². The molecule has 0 spiro atoms. The number of hydrogen-bond donors (Lipinski definition) is 2. The molecule has 1 fully saturated rings. The maximum atomic E-state index is 12.3. The molecule has 1 aliphatic carbocycles. The van der Waals surface area contributed by atoms with Crippen LogP contribution in [0.3, 0.4) is 0 Å². The SMILES string of the molecule is O=C(Cn1cnc2ccccc2c1=O)NC(CC1CC1)C(=O)O. The van der Waals surface area contributed by atoms with Crippen molar-refractivity contribution >= 4 is 22.8 Å². The van der Waals surface area contributed by atoms with Crippen molar-refractivity contribution in [2.75, 3.05) is 0 Å². The number of rotatable bonds is 6. The second-order valence-electron chi connectivity index (χ2n) is 5.83. The van der Waals surface area contributed by atoms with E-state index in [2.05, 4.69) is 10.3 Å². The van der Waals surface area contributed by atoms with Crippen LogP contribution in [0.1, 0.15) is 19.3 Å². The van der Waals surface area contributed by atoms with Gasteiger partial charge < -0.3 is 10.4 Å². The van der Waals surface area contributed by atoms with Gasteiger partial charge in [-0.25, -0.2) is 9.78 Å². The van der Waals surface area contributed by atoms with E-state index in [-0.39, 0.29) is 12.1 Å². The molecular formula is C16H17N3O4. The number of hydrogen-bond acceptors (Lipinski definition) is 4. The van der Waals surface area contributed by atoms with Crippen LogP contribution in [0.25, 0.3) is 10.9 Å². The summed E-state index contributed by atoms with van der Waals surface area (Å²) in [6.07, 6.45) is 3.76. The Balaban J connectivity index is 1.73. The number of nitrogens with one attached hydrogen (secondary N) is 1. The van der Waals surface area contributed by atoms with Crippen LogP contribution in [0.4, 0.5) is 0 Å². The van der Waals surface area contributed by atoms with Gasteiger partial charge in [-0.05, 0) is 24.5 Å². The second-order valence-corrected chi connectivity index (χ2v) is 5.83. The number of carbonyl (C=O) groups is 2. The normalized spacial score (nSPS) is 15.3. The van der Waals surface area contributed by atoms with Gasteiger partial charge in [-0.15, -0.1) is 0 Å². The molecule has 1 saturated carbocycles. The van der Waals surface area contributed by atoms with Gasteiger partial charge in [0.2, 0.25) is 5.91 Å². The molecule has 1 atom stereocenters. The van der Waals surface area contributed by atoms with E-state index < -0.39 is 17.9 Å². The molecule has 0 radical (unpaired) electrons. The summed E-state index contributed by atoms with van der Waals surface area (Å²) in [5.74, 6) is -1.17. The van der Waals surface area contributed by atoms with Crippen LogP contribution in [0.15, 0.2) is 35.4 Å². The fourth-order valence-electron chi connectivity index (χ4n) is 2.52. The summed E-state index contributed by atoms with van der Waals surface area (Å²) in [5, 5.41) is 12.1. The summed E-state index contributed by atoms with van der Waals surface area (Å²) >= 11 is 0. The summed E-state index contributed by atoms with van der Waals surface area (Å²) < 4.78 is 1.19. The van der Waals surface area contributed by atoms with Gasteiger partial charge in [-0.2, -0.15) is 0 Å². The number of fused-ring (bicyclic) bond motifs is 1. The molecule has 1 aliphatic rings. The van der Waals surface area contributed by atoms with Crippen molar-refractivity contribution < 1.29 is 14.7 Å². The fourth-order valence-corrected chi connectivity index (χ4v) is 2.52. The molecular weight excluding hydrogens is 298 g/mol. The lowest BCUT2D eigenvalue weighted by Crippen LogP contribution is -2.43. The van der Waals surface area contributed by atoms with Gasteiger partial charge in [-0.3, -0.25) is 14.2 Å². The van der Waals surface area contributed by atoms with Crippen LogP contribution in [0.5, 0.6) is 0 Å². The van der Waals surface area contributed by atoms with Gasteiger partial charge in [0, 0.05) is 0 Å². The van der Waals surface area contributed by atoms with Crippen molar-refractivity contribution in [1.29, 1.82) is 0 Å². The maximum Gasteiger partial charge on any atom is 0.326 e. The van der Waals surface area contributed by atoms with E-state index in [0.29, 0.717) is 23.2 Å². The average Bonchev–Trinajstić information content (AvgIpc) is 3.34. The summed E-state index contributed by atoms with van der Waals surface area (Å²) in [6.45, 7) is -0.245. The van der Waals surface area contributed by atoms with Crippen molar-refractivity contribution in [3.63, 3.8) is 0 Å². The predicted octanol–water partition coefficient (Wildman–Crippen LogP) is 0.766. The van der Waals surface area contributed by atoms with Crippen LogP contribution in [-0.2, 0) is 16.1 Å². The molecule has 0 bridgehead atoms. The van der Waals surface area contributed by atoms with E-state index >= 15 is 0 Å². The third-order valence-corrected chi connectivity index (χ3v) is 3.94. The Morgan fingerprint density at radius 2 is 2.09 bits per heavy atom. The zero-order chi connectivity index (χ0) is 16.4. The minimum atomic E-state index is -1.05. The summed E-state index contributed by atoms with van der Waals surface area (Å²) in [6, 6.07) is 5.97. The van der Waals surface area contributed by atoms with Gasteiger partial charge in [-0.1, -0.05) is 25.0 Å².